The summed E-state index contributed by atoms with van der Waals surface area (Å²) in [5.41, 5.74) is 1.86. The van der Waals surface area contributed by atoms with E-state index in [2.05, 4.69) is 46.4 Å². The number of benzene rings is 2. The molecule has 2 aromatic rings. The van der Waals surface area contributed by atoms with Gasteiger partial charge in [-0.1, -0.05) is 36.4 Å². The maximum atomic E-state index is 12.8. The highest BCUT2D eigenvalue weighted by Gasteiger charge is 2.27. The van der Waals surface area contributed by atoms with Crippen LogP contribution in [0.1, 0.15) is 31.2 Å². The fraction of sp³-hybridized carbons (Fsp3) is 0.500. The number of nitrogens with zero attached hydrogens (tertiary/aromatic N) is 3. The van der Waals surface area contributed by atoms with Gasteiger partial charge in [0.2, 0.25) is 15.9 Å². The first-order chi connectivity index (χ1) is 16.4. The van der Waals surface area contributed by atoms with E-state index >= 15 is 0 Å². The molecule has 2 saturated heterocycles. The number of hydrogen-bond acceptors (Lipinski definition) is 5. The summed E-state index contributed by atoms with van der Waals surface area (Å²) < 4.78 is 27.1. The molecular weight excluding hydrogens is 448 g/mol. The van der Waals surface area contributed by atoms with Crippen molar-refractivity contribution < 1.29 is 13.2 Å². The van der Waals surface area contributed by atoms with E-state index in [9.17, 15) is 13.2 Å². The van der Waals surface area contributed by atoms with Crippen molar-refractivity contribution in [1.29, 1.82) is 0 Å². The van der Waals surface area contributed by atoms with E-state index in [-0.39, 0.29) is 10.8 Å². The fourth-order valence-electron chi connectivity index (χ4n) is 4.94. The molecule has 0 saturated carbocycles. The normalized spacial score (nSPS) is 18.4. The molecule has 0 radical (unpaired) electrons. The Bertz CT molecular complexity index is 1050. The highest BCUT2D eigenvalue weighted by Crippen LogP contribution is 2.23. The molecule has 0 bridgehead atoms. The van der Waals surface area contributed by atoms with Crippen LogP contribution in [0.15, 0.2) is 59.5 Å². The van der Waals surface area contributed by atoms with Crippen molar-refractivity contribution in [3.05, 3.63) is 60.2 Å². The molecule has 0 atom stereocenters. The third-order valence-corrected chi connectivity index (χ3v) is 8.65. The standard InChI is InChI=1S/C26H36N4O3S/c1-28(19-22-8-3-2-4-9-22)20-23-12-16-29(17-13-23)21-26(31)27-24-10-7-11-25(18-24)34(32,33)30-14-5-6-15-30/h2-4,7-11,18,23H,5-6,12-17,19-21H2,1H3,(H,27,31). The van der Waals surface area contributed by atoms with Crippen molar-refractivity contribution in [2.75, 3.05) is 51.6 Å². The Balaban J connectivity index is 1.22. The number of piperidine rings is 1. The van der Waals surface area contributed by atoms with E-state index in [1.807, 2.05) is 6.07 Å². The number of carbonyl (C=O) groups is 1. The quantitative estimate of drug-likeness (QED) is 0.592. The minimum atomic E-state index is -3.49. The summed E-state index contributed by atoms with van der Waals surface area (Å²) >= 11 is 0. The van der Waals surface area contributed by atoms with E-state index in [1.165, 1.54) is 9.87 Å². The van der Waals surface area contributed by atoms with Gasteiger partial charge in [0.1, 0.15) is 0 Å². The maximum Gasteiger partial charge on any atom is 0.243 e. The molecule has 0 aromatic heterocycles. The molecule has 7 nitrogen and oxygen atoms in total. The number of rotatable bonds is 9. The zero-order valence-electron chi connectivity index (χ0n) is 20.0. The summed E-state index contributed by atoms with van der Waals surface area (Å²) in [4.78, 5) is 17.5. The van der Waals surface area contributed by atoms with Gasteiger partial charge in [0.05, 0.1) is 11.4 Å². The van der Waals surface area contributed by atoms with Crippen LogP contribution in [0, 0.1) is 5.92 Å². The minimum Gasteiger partial charge on any atom is -0.325 e. The van der Waals surface area contributed by atoms with E-state index in [0.717, 1.165) is 51.9 Å². The van der Waals surface area contributed by atoms with E-state index in [0.29, 0.717) is 31.2 Å². The van der Waals surface area contributed by atoms with Crippen molar-refractivity contribution >= 4 is 21.6 Å². The Morgan fingerprint density at radius 1 is 1.00 bits per heavy atom. The van der Waals surface area contributed by atoms with Crippen LogP contribution in [0.4, 0.5) is 5.69 Å². The summed E-state index contributed by atoms with van der Waals surface area (Å²) in [6.45, 7) is 5.29. The van der Waals surface area contributed by atoms with Crippen molar-refractivity contribution in [2.24, 2.45) is 5.92 Å². The lowest BCUT2D eigenvalue weighted by Gasteiger charge is -2.33. The molecule has 184 valence electrons. The van der Waals surface area contributed by atoms with E-state index < -0.39 is 10.0 Å². The van der Waals surface area contributed by atoms with Crippen LogP contribution in [0.2, 0.25) is 0 Å². The predicted octanol–water partition coefficient (Wildman–Crippen LogP) is 3.25. The number of amides is 1. The first kappa shape index (κ1) is 24.9. The number of sulfonamides is 1. The van der Waals surface area contributed by atoms with Crippen LogP contribution < -0.4 is 5.32 Å². The molecule has 2 heterocycles. The Hall–Kier alpha value is -2.26. The van der Waals surface area contributed by atoms with Crippen molar-refractivity contribution in [1.82, 2.24) is 14.1 Å². The van der Waals surface area contributed by atoms with Crippen LogP contribution in [-0.4, -0.2) is 74.7 Å². The average Bonchev–Trinajstić information content (AvgIpc) is 3.37. The van der Waals surface area contributed by atoms with E-state index in [4.69, 9.17) is 0 Å². The summed E-state index contributed by atoms with van der Waals surface area (Å²) in [5, 5.41) is 2.89. The zero-order chi connectivity index (χ0) is 24.0. The smallest absolute Gasteiger partial charge is 0.243 e. The monoisotopic (exact) mass is 484 g/mol. The second-order valence-electron chi connectivity index (χ2n) is 9.59. The third-order valence-electron chi connectivity index (χ3n) is 6.76. The zero-order valence-corrected chi connectivity index (χ0v) is 20.8. The molecule has 34 heavy (non-hydrogen) atoms. The lowest BCUT2D eigenvalue weighted by molar-refractivity contribution is -0.117. The molecule has 4 rings (SSSR count). The van der Waals surface area contributed by atoms with Crippen molar-refractivity contribution in [3.8, 4) is 0 Å². The van der Waals surface area contributed by atoms with E-state index in [1.54, 1.807) is 24.3 Å². The van der Waals surface area contributed by atoms with Crippen LogP contribution in [-0.2, 0) is 21.4 Å². The van der Waals surface area contributed by atoms with Crippen LogP contribution in [0.25, 0.3) is 0 Å². The van der Waals surface area contributed by atoms with Gasteiger partial charge in [0, 0.05) is 31.9 Å². The van der Waals surface area contributed by atoms with Gasteiger partial charge in [-0.3, -0.25) is 9.69 Å². The number of anilines is 1. The maximum absolute atomic E-state index is 12.8. The molecule has 1 N–H and O–H groups in total. The molecule has 0 spiro atoms. The Morgan fingerprint density at radius 3 is 2.41 bits per heavy atom. The number of nitrogens with one attached hydrogen (secondary N) is 1. The largest absolute Gasteiger partial charge is 0.325 e. The Morgan fingerprint density at radius 2 is 1.71 bits per heavy atom. The summed E-state index contributed by atoms with van der Waals surface area (Å²) in [6.07, 6.45) is 3.96. The molecule has 2 aliphatic rings. The minimum absolute atomic E-state index is 0.102. The topological polar surface area (TPSA) is 73.0 Å². The first-order valence-electron chi connectivity index (χ1n) is 12.2. The van der Waals surface area contributed by atoms with Gasteiger partial charge in [-0.15, -0.1) is 0 Å². The molecule has 2 aliphatic heterocycles. The number of carbonyl (C=O) groups excluding carboxylic acids is 1. The highest BCUT2D eigenvalue weighted by molar-refractivity contribution is 7.89. The summed E-state index contributed by atoms with van der Waals surface area (Å²) in [7, 11) is -1.32. The van der Waals surface area contributed by atoms with Gasteiger partial charge in [0.15, 0.2) is 0 Å². The van der Waals surface area contributed by atoms with Crippen LogP contribution in [0.3, 0.4) is 0 Å². The molecule has 0 aliphatic carbocycles. The second kappa shape index (κ2) is 11.4. The Kier molecular flexibility index (Phi) is 8.37. The van der Waals surface area contributed by atoms with Gasteiger partial charge in [-0.05, 0) is 75.5 Å². The van der Waals surface area contributed by atoms with Gasteiger partial charge in [0.25, 0.3) is 0 Å². The molecule has 1 amide bonds. The number of hydrogen-bond donors (Lipinski definition) is 1. The molecule has 8 heteroatoms. The molecule has 2 fully saturated rings. The van der Waals surface area contributed by atoms with Crippen LogP contribution >= 0.6 is 0 Å². The van der Waals surface area contributed by atoms with Gasteiger partial charge in [-0.2, -0.15) is 4.31 Å². The number of likely N-dealkylation sites (tertiary alicyclic amines) is 1. The van der Waals surface area contributed by atoms with Gasteiger partial charge >= 0.3 is 0 Å². The molecular formula is C26H36N4O3S. The first-order valence-corrected chi connectivity index (χ1v) is 13.7. The lowest BCUT2D eigenvalue weighted by Crippen LogP contribution is -2.41. The SMILES string of the molecule is CN(Cc1ccccc1)CC1CCN(CC(=O)Nc2cccc(S(=O)(=O)N3CCCC3)c2)CC1. The predicted molar refractivity (Wildman–Crippen MR) is 135 cm³/mol. The summed E-state index contributed by atoms with van der Waals surface area (Å²) in [6, 6.07) is 17.1. The third kappa shape index (κ3) is 6.66. The highest BCUT2D eigenvalue weighted by atomic mass is 32.2. The molecule has 2 aromatic carbocycles. The molecule has 0 unspecified atom stereocenters. The van der Waals surface area contributed by atoms with Gasteiger partial charge < -0.3 is 10.2 Å². The summed E-state index contributed by atoms with van der Waals surface area (Å²) in [5.74, 6) is 0.538. The van der Waals surface area contributed by atoms with Gasteiger partial charge in [-0.25, -0.2) is 8.42 Å². The average molecular weight is 485 g/mol. The second-order valence-corrected chi connectivity index (χ2v) is 11.5. The fourth-order valence-corrected chi connectivity index (χ4v) is 6.51. The Labute approximate surface area is 203 Å². The van der Waals surface area contributed by atoms with Crippen LogP contribution in [0.5, 0.6) is 0 Å². The van der Waals surface area contributed by atoms with Crippen molar-refractivity contribution in [2.45, 2.75) is 37.1 Å². The lowest BCUT2D eigenvalue weighted by atomic mass is 9.96. The van der Waals surface area contributed by atoms with Crippen molar-refractivity contribution in [3.63, 3.8) is 0 Å².